The zero-order chi connectivity index (χ0) is 16.4. The number of likely N-dealkylation sites (N-methyl/N-ethyl adjacent to an activating group) is 1. The van der Waals surface area contributed by atoms with Gasteiger partial charge in [-0.15, -0.1) is 0 Å². The molecule has 0 bridgehead atoms. The van der Waals surface area contributed by atoms with Crippen LogP contribution in [0.1, 0.15) is 12.5 Å². The molecule has 2 heterocycles. The van der Waals surface area contributed by atoms with Crippen LogP contribution in [0.25, 0.3) is 0 Å². The maximum Gasteiger partial charge on any atom is 0.268 e. The molecule has 0 saturated carbocycles. The number of para-hydroxylation sites is 2. The van der Waals surface area contributed by atoms with Crippen LogP contribution in [0.3, 0.4) is 0 Å². The molecular weight excluding hydrogens is 312 g/mol. The molecule has 2 amide bonds. The van der Waals surface area contributed by atoms with Crippen molar-refractivity contribution in [3.05, 3.63) is 46.7 Å². The highest BCUT2D eigenvalue weighted by Gasteiger charge is 2.33. The van der Waals surface area contributed by atoms with Crippen LogP contribution >= 0.6 is 11.3 Å². The summed E-state index contributed by atoms with van der Waals surface area (Å²) in [6.45, 7) is 2.26. The number of anilines is 1. The van der Waals surface area contributed by atoms with Gasteiger partial charge >= 0.3 is 0 Å². The van der Waals surface area contributed by atoms with E-state index >= 15 is 0 Å². The quantitative estimate of drug-likeness (QED) is 0.865. The molecule has 0 spiro atoms. The molecule has 23 heavy (non-hydrogen) atoms. The molecule has 1 aromatic heterocycles. The van der Waals surface area contributed by atoms with E-state index in [4.69, 9.17) is 4.74 Å². The number of ether oxygens (including phenoxy) is 1. The zero-order valence-corrected chi connectivity index (χ0v) is 13.9. The first-order chi connectivity index (χ1) is 11.1. The standard InChI is InChI=1S/C17H18N2O3S/c1-12-17(21)19(14-5-3-4-6-15(14)22-12)10-16(20)18(2)9-13-7-8-23-11-13/h3-8,11-12H,9-10H2,1-2H3/t12-/m0/s1. The maximum atomic E-state index is 12.5. The summed E-state index contributed by atoms with van der Waals surface area (Å²) in [7, 11) is 1.75. The lowest BCUT2D eigenvalue weighted by Gasteiger charge is -2.33. The van der Waals surface area contributed by atoms with E-state index in [2.05, 4.69) is 0 Å². The molecule has 3 rings (SSSR count). The van der Waals surface area contributed by atoms with Crippen molar-refractivity contribution >= 4 is 28.8 Å². The Bertz CT molecular complexity index is 714. The maximum absolute atomic E-state index is 12.5. The van der Waals surface area contributed by atoms with E-state index in [0.717, 1.165) is 5.56 Å². The lowest BCUT2D eigenvalue weighted by molar-refractivity contribution is -0.132. The summed E-state index contributed by atoms with van der Waals surface area (Å²) in [6, 6.07) is 9.28. The van der Waals surface area contributed by atoms with Crippen molar-refractivity contribution in [1.82, 2.24) is 4.90 Å². The third-order valence-electron chi connectivity index (χ3n) is 3.79. The second-order valence-corrected chi connectivity index (χ2v) is 6.31. The predicted octanol–water partition coefficient (Wildman–Crippen LogP) is 2.52. The fourth-order valence-electron chi connectivity index (χ4n) is 2.52. The fraction of sp³-hybridized carbons (Fsp3) is 0.294. The second kappa shape index (κ2) is 6.42. The first-order valence-electron chi connectivity index (χ1n) is 7.38. The Morgan fingerprint density at radius 2 is 2.13 bits per heavy atom. The molecule has 0 N–H and O–H groups in total. The van der Waals surface area contributed by atoms with Crippen molar-refractivity contribution < 1.29 is 14.3 Å². The minimum absolute atomic E-state index is 0.0180. The molecule has 0 saturated heterocycles. The summed E-state index contributed by atoms with van der Waals surface area (Å²) in [6.07, 6.45) is -0.583. The molecule has 0 radical (unpaired) electrons. The van der Waals surface area contributed by atoms with Gasteiger partial charge in [0.2, 0.25) is 5.91 Å². The lowest BCUT2D eigenvalue weighted by atomic mass is 10.2. The Hall–Kier alpha value is -2.34. The molecule has 1 atom stereocenters. The van der Waals surface area contributed by atoms with Gasteiger partial charge in [0.25, 0.3) is 5.91 Å². The number of amides is 2. The third kappa shape index (κ3) is 3.22. The number of carbonyl (C=O) groups excluding carboxylic acids is 2. The number of hydrogen-bond donors (Lipinski definition) is 0. The van der Waals surface area contributed by atoms with Crippen LogP contribution in [0.15, 0.2) is 41.1 Å². The zero-order valence-electron chi connectivity index (χ0n) is 13.1. The van der Waals surface area contributed by atoms with Gasteiger partial charge in [-0.05, 0) is 41.4 Å². The predicted molar refractivity (Wildman–Crippen MR) is 89.7 cm³/mol. The van der Waals surface area contributed by atoms with Crippen LogP contribution < -0.4 is 9.64 Å². The average Bonchev–Trinajstić information content (AvgIpc) is 3.04. The highest BCUT2D eigenvalue weighted by molar-refractivity contribution is 7.07. The number of hydrogen-bond acceptors (Lipinski definition) is 4. The van der Waals surface area contributed by atoms with Crippen LogP contribution in [0.4, 0.5) is 5.69 Å². The Morgan fingerprint density at radius 3 is 2.87 bits per heavy atom. The van der Waals surface area contributed by atoms with Gasteiger partial charge in [-0.1, -0.05) is 12.1 Å². The monoisotopic (exact) mass is 330 g/mol. The molecule has 5 nitrogen and oxygen atoms in total. The van der Waals surface area contributed by atoms with Crippen LogP contribution in [0.5, 0.6) is 5.75 Å². The molecule has 0 unspecified atom stereocenters. The molecule has 0 aliphatic carbocycles. The number of fused-ring (bicyclic) bond motifs is 1. The van der Waals surface area contributed by atoms with E-state index in [9.17, 15) is 9.59 Å². The molecule has 0 fully saturated rings. The van der Waals surface area contributed by atoms with E-state index in [-0.39, 0.29) is 18.4 Å². The minimum atomic E-state index is -0.583. The number of benzene rings is 1. The molecule has 6 heteroatoms. The highest BCUT2D eigenvalue weighted by Crippen LogP contribution is 2.33. The number of carbonyl (C=O) groups is 2. The normalized spacial score (nSPS) is 16.7. The SMILES string of the molecule is C[C@@H]1Oc2ccccc2N(CC(=O)N(C)Cc2ccsc2)C1=O. The second-order valence-electron chi connectivity index (χ2n) is 5.53. The first-order valence-corrected chi connectivity index (χ1v) is 8.32. The van der Waals surface area contributed by atoms with Gasteiger partial charge in [0.05, 0.1) is 5.69 Å². The number of nitrogens with zero attached hydrogens (tertiary/aromatic N) is 2. The summed E-state index contributed by atoms with van der Waals surface area (Å²) >= 11 is 1.60. The van der Waals surface area contributed by atoms with Gasteiger partial charge < -0.3 is 9.64 Å². The molecular formula is C17H18N2O3S. The van der Waals surface area contributed by atoms with Crippen LogP contribution in [0, 0.1) is 0 Å². The summed E-state index contributed by atoms with van der Waals surface area (Å²) in [4.78, 5) is 28.0. The first kappa shape index (κ1) is 15.6. The van der Waals surface area contributed by atoms with Gasteiger partial charge in [0.15, 0.2) is 6.10 Å². The van der Waals surface area contributed by atoms with Crippen LogP contribution in [-0.2, 0) is 16.1 Å². The van der Waals surface area contributed by atoms with Crippen molar-refractivity contribution in [3.63, 3.8) is 0 Å². The Morgan fingerprint density at radius 1 is 1.35 bits per heavy atom. The van der Waals surface area contributed by atoms with E-state index in [1.165, 1.54) is 4.90 Å². The third-order valence-corrected chi connectivity index (χ3v) is 4.52. The molecule has 1 aliphatic rings. The summed E-state index contributed by atoms with van der Waals surface area (Å²) in [5.74, 6) is 0.335. The van der Waals surface area contributed by atoms with Crippen LogP contribution in [-0.4, -0.2) is 36.4 Å². The van der Waals surface area contributed by atoms with Crippen molar-refractivity contribution in [1.29, 1.82) is 0 Å². The van der Waals surface area contributed by atoms with Gasteiger partial charge in [0, 0.05) is 13.6 Å². The van der Waals surface area contributed by atoms with Crippen molar-refractivity contribution in [2.24, 2.45) is 0 Å². The Labute approximate surface area is 139 Å². The molecule has 1 aromatic carbocycles. The van der Waals surface area contributed by atoms with E-state index in [1.54, 1.807) is 36.3 Å². The number of rotatable bonds is 4. The topological polar surface area (TPSA) is 49.9 Å². The average molecular weight is 330 g/mol. The van der Waals surface area contributed by atoms with E-state index in [0.29, 0.717) is 18.0 Å². The number of thiophene rings is 1. The Balaban J connectivity index is 1.75. The lowest BCUT2D eigenvalue weighted by Crippen LogP contribution is -2.48. The molecule has 2 aromatic rings. The minimum Gasteiger partial charge on any atom is -0.479 e. The van der Waals surface area contributed by atoms with E-state index in [1.807, 2.05) is 35.0 Å². The molecule has 1 aliphatic heterocycles. The largest absolute Gasteiger partial charge is 0.479 e. The molecule has 120 valence electrons. The fourth-order valence-corrected chi connectivity index (χ4v) is 3.18. The summed E-state index contributed by atoms with van der Waals surface area (Å²) in [5.41, 5.74) is 1.74. The smallest absolute Gasteiger partial charge is 0.268 e. The summed E-state index contributed by atoms with van der Waals surface area (Å²) < 4.78 is 5.59. The van der Waals surface area contributed by atoms with Crippen LogP contribution in [0.2, 0.25) is 0 Å². The van der Waals surface area contributed by atoms with Crippen molar-refractivity contribution in [2.75, 3.05) is 18.5 Å². The van der Waals surface area contributed by atoms with Gasteiger partial charge in [0.1, 0.15) is 12.3 Å². The van der Waals surface area contributed by atoms with Crippen molar-refractivity contribution in [3.8, 4) is 5.75 Å². The van der Waals surface area contributed by atoms with Gasteiger partial charge in [-0.3, -0.25) is 14.5 Å². The van der Waals surface area contributed by atoms with Gasteiger partial charge in [-0.2, -0.15) is 11.3 Å². The Kier molecular flexibility index (Phi) is 4.34. The van der Waals surface area contributed by atoms with Crippen molar-refractivity contribution in [2.45, 2.75) is 19.6 Å². The van der Waals surface area contributed by atoms with E-state index < -0.39 is 6.10 Å². The van der Waals surface area contributed by atoms with Gasteiger partial charge in [-0.25, -0.2) is 0 Å². The summed E-state index contributed by atoms with van der Waals surface area (Å²) in [5, 5.41) is 4.00. The highest BCUT2D eigenvalue weighted by atomic mass is 32.1.